The van der Waals surface area contributed by atoms with Crippen LogP contribution in [0.4, 0.5) is 5.69 Å². The van der Waals surface area contributed by atoms with Crippen LogP contribution in [0.5, 0.6) is 0 Å². The van der Waals surface area contributed by atoms with Crippen LogP contribution in [0.3, 0.4) is 0 Å². The molecule has 1 atom stereocenters. The summed E-state index contributed by atoms with van der Waals surface area (Å²) in [5.74, 6) is -0.800. The molecular formula is C29H35N3O4S. The van der Waals surface area contributed by atoms with Crippen LogP contribution in [-0.2, 0) is 26.2 Å². The van der Waals surface area contributed by atoms with Crippen molar-refractivity contribution in [3.63, 3.8) is 0 Å². The number of nitrogens with one attached hydrogen (secondary N) is 1. The van der Waals surface area contributed by atoms with E-state index in [-0.39, 0.29) is 17.3 Å². The molecule has 196 valence electrons. The molecular weight excluding hydrogens is 486 g/mol. The number of carbonyl (C=O) groups excluding carboxylic acids is 2. The molecule has 0 heterocycles. The highest BCUT2D eigenvalue weighted by molar-refractivity contribution is 7.92. The second-order valence-corrected chi connectivity index (χ2v) is 11.9. The van der Waals surface area contributed by atoms with E-state index in [1.807, 2.05) is 64.1 Å². The van der Waals surface area contributed by atoms with Crippen molar-refractivity contribution in [1.29, 1.82) is 0 Å². The zero-order valence-corrected chi connectivity index (χ0v) is 22.8. The predicted molar refractivity (Wildman–Crippen MR) is 147 cm³/mol. The molecule has 0 unspecified atom stereocenters. The average molecular weight is 522 g/mol. The van der Waals surface area contributed by atoms with Crippen LogP contribution in [0.15, 0.2) is 89.8 Å². The molecule has 3 aromatic rings. The van der Waals surface area contributed by atoms with E-state index in [0.717, 1.165) is 15.4 Å². The molecule has 3 rings (SSSR count). The van der Waals surface area contributed by atoms with E-state index in [2.05, 4.69) is 5.32 Å². The largest absolute Gasteiger partial charge is 0.350 e. The van der Waals surface area contributed by atoms with Crippen molar-refractivity contribution in [2.24, 2.45) is 0 Å². The summed E-state index contributed by atoms with van der Waals surface area (Å²) in [6.45, 7) is 8.82. The van der Waals surface area contributed by atoms with Gasteiger partial charge in [-0.25, -0.2) is 8.42 Å². The van der Waals surface area contributed by atoms with Crippen molar-refractivity contribution < 1.29 is 18.0 Å². The van der Waals surface area contributed by atoms with Crippen LogP contribution >= 0.6 is 0 Å². The molecule has 0 spiro atoms. The third-order valence-electron chi connectivity index (χ3n) is 5.76. The molecule has 0 saturated carbocycles. The molecule has 2 amide bonds. The highest BCUT2D eigenvalue weighted by atomic mass is 32.2. The molecule has 1 N–H and O–H groups in total. The zero-order chi connectivity index (χ0) is 27.2. The molecule has 7 nitrogen and oxygen atoms in total. The van der Waals surface area contributed by atoms with Crippen molar-refractivity contribution >= 4 is 27.5 Å². The van der Waals surface area contributed by atoms with Crippen LogP contribution < -0.4 is 9.62 Å². The van der Waals surface area contributed by atoms with Gasteiger partial charge in [-0.15, -0.1) is 0 Å². The molecule has 0 bridgehead atoms. The van der Waals surface area contributed by atoms with Gasteiger partial charge in [-0.05, 0) is 70.0 Å². The predicted octanol–water partition coefficient (Wildman–Crippen LogP) is 4.52. The van der Waals surface area contributed by atoms with Gasteiger partial charge < -0.3 is 10.2 Å². The second-order valence-electron chi connectivity index (χ2n) is 10.1. The second kappa shape index (κ2) is 11.6. The number of aryl methyl sites for hydroxylation is 1. The van der Waals surface area contributed by atoms with Gasteiger partial charge in [0.15, 0.2) is 0 Å². The summed E-state index contributed by atoms with van der Waals surface area (Å²) in [5, 5.41) is 2.92. The number of sulfonamides is 1. The first kappa shape index (κ1) is 27.9. The summed E-state index contributed by atoms with van der Waals surface area (Å²) >= 11 is 0. The van der Waals surface area contributed by atoms with Crippen molar-refractivity contribution in [1.82, 2.24) is 10.2 Å². The lowest BCUT2D eigenvalue weighted by Gasteiger charge is -2.33. The van der Waals surface area contributed by atoms with Gasteiger partial charge in [-0.3, -0.25) is 13.9 Å². The third-order valence-corrected chi connectivity index (χ3v) is 7.55. The van der Waals surface area contributed by atoms with E-state index in [1.165, 1.54) is 17.0 Å². The highest BCUT2D eigenvalue weighted by Gasteiger charge is 2.33. The molecule has 8 heteroatoms. The summed E-state index contributed by atoms with van der Waals surface area (Å²) in [7, 11) is -4.06. The van der Waals surface area contributed by atoms with Gasteiger partial charge in [0.25, 0.3) is 10.0 Å². The number of amides is 2. The van der Waals surface area contributed by atoms with Crippen LogP contribution in [0, 0.1) is 6.92 Å². The van der Waals surface area contributed by atoms with Crippen LogP contribution in [0.25, 0.3) is 0 Å². The van der Waals surface area contributed by atoms with Crippen molar-refractivity contribution in [3.05, 3.63) is 96.1 Å². The van der Waals surface area contributed by atoms with E-state index >= 15 is 0 Å². The number of rotatable bonds is 9. The monoisotopic (exact) mass is 521 g/mol. The normalized spacial score (nSPS) is 12.5. The van der Waals surface area contributed by atoms with Gasteiger partial charge in [0.05, 0.1) is 10.6 Å². The van der Waals surface area contributed by atoms with Gasteiger partial charge >= 0.3 is 0 Å². The average Bonchev–Trinajstić information content (AvgIpc) is 2.85. The minimum absolute atomic E-state index is 0.0810. The fourth-order valence-electron chi connectivity index (χ4n) is 3.87. The topological polar surface area (TPSA) is 86.8 Å². The molecule has 0 aromatic heterocycles. The van der Waals surface area contributed by atoms with E-state index in [1.54, 1.807) is 43.3 Å². The van der Waals surface area contributed by atoms with Crippen LogP contribution in [0.1, 0.15) is 38.8 Å². The van der Waals surface area contributed by atoms with Crippen LogP contribution in [-0.4, -0.2) is 43.3 Å². The maximum atomic E-state index is 13.8. The lowest BCUT2D eigenvalue weighted by molar-refractivity contribution is -0.140. The molecule has 0 radical (unpaired) electrons. The molecule has 0 aliphatic heterocycles. The smallest absolute Gasteiger partial charge is 0.264 e. The fourth-order valence-corrected chi connectivity index (χ4v) is 5.30. The lowest BCUT2D eigenvalue weighted by atomic mass is 10.1. The van der Waals surface area contributed by atoms with Gasteiger partial charge in [0, 0.05) is 12.1 Å². The number of hydrogen-bond acceptors (Lipinski definition) is 4. The summed E-state index contributed by atoms with van der Waals surface area (Å²) in [6.07, 6.45) is 0. The Morgan fingerprint density at radius 1 is 0.892 bits per heavy atom. The van der Waals surface area contributed by atoms with E-state index in [0.29, 0.717) is 5.69 Å². The number of benzene rings is 3. The first-order valence-corrected chi connectivity index (χ1v) is 13.6. The van der Waals surface area contributed by atoms with Crippen molar-refractivity contribution in [2.45, 2.75) is 57.6 Å². The molecule has 3 aromatic carbocycles. The first-order chi connectivity index (χ1) is 17.4. The summed E-state index contributed by atoms with van der Waals surface area (Å²) in [4.78, 5) is 28.4. The van der Waals surface area contributed by atoms with Crippen LogP contribution in [0.2, 0.25) is 0 Å². The molecule has 0 saturated heterocycles. The number of anilines is 1. The minimum atomic E-state index is -4.06. The summed E-state index contributed by atoms with van der Waals surface area (Å²) in [6, 6.07) is 23.5. The van der Waals surface area contributed by atoms with E-state index in [4.69, 9.17) is 0 Å². The number of nitrogens with zero attached hydrogens (tertiary/aromatic N) is 2. The summed E-state index contributed by atoms with van der Waals surface area (Å²) in [5.41, 5.74) is 1.58. The maximum absolute atomic E-state index is 13.8. The van der Waals surface area contributed by atoms with Crippen molar-refractivity contribution in [2.75, 3.05) is 10.8 Å². The highest BCUT2D eigenvalue weighted by Crippen LogP contribution is 2.25. The Kier molecular flexibility index (Phi) is 8.76. The van der Waals surface area contributed by atoms with E-state index < -0.39 is 34.1 Å². The fraction of sp³-hybridized carbons (Fsp3) is 0.310. The Bertz CT molecular complexity index is 1320. The molecule has 0 aliphatic rings. The lowest BCUT2D eigenvalue weighted by Crippen LogP contribution is -2.54. The quantitative estimate of drug-likeness (QED) is 0.449. The Hall–Kier alpha value is -3.65. The molecule has 37 heavy (non-hydrogen) atoms. The minimum Gasteiger partial charge on any atom is -0.350 e. The van der Waals surface area contributed by atoms with Gasteiger partial charge in [-0.1, -0.05) is 60.7 Å². The third kappa shape index (κ3) is 7.43. The number of carbonyl (C=O) groups is 2. The first-order valence-electron chi connectivity index (χ1n) is 12.2. The van der Waals surface area contributed by atoms with Crippen molar-refractivity contribution in [3.8, 4) is 0 Å². The standard InChI is InChI=1S/C29H35N3O4S/c1-22-13-12-16-25(19-22)32(37(35,36)26-17-10-7-11-18-26)21-27(33)31(20-24-14-8-6-9-15-24)23(2)28(34)30-29(3,4)5/h6-19,23H,20-21H2,1-5H3,(H,30,34)/t23-/m1/s1. The van der Waals surface area contributed by atoms with Gasteiger partial charge in [0.1, 0.15) is 12.6 Å². The molecule has 0 aliphatic carbocycles. The number of hydrogen-bond donors (Lipinski definition) is 1. The van der Waals surface area contributed by atoms with Gasteiger partial charge in [0.2, 0.25) is 11.8 Å². The SMILES string of the molecule is Cc1cccc(N(CC(=O)N(Cc2ccccc2)[C@H](C)C(=O)NC(C)(C)C)S(=O)(=O)c2ccccc2)c1. The Morgan fingerprint density at radius 2 is 1.49 bits per heavy atom. The Balaban J connectivity index is 2.01. The zero-order valence-electron chi connectivity index (χ0n) is 22.0. The van der Waals surface area contributed by atoms with Gasteiger partial charge in [-0.2, -0.15) is 0 Å². The Labute approximate surface area is 220 Å². The Morgan fingerprint density at radius 3 is 2.05 bits per heavy atom. The van der Waals surface area contributed by atoms with E-state index in [9.17, 15) is 18.0 Å². The molecule has 0 fully saturated rings. The maximum Gasteiger partial charge on any atom is 0.264 e. The summed E-state index contributed by atoms with van der Waals surface area (Å²) < 4.78 is 28.6.